The van der Waals surface area contributed by atoms with E-state index in [0.717, 1.165) is 36.0 Å². The van der Waals surface area contributed by atoms with Gasteiger partial charge in [-0.1, -0.05) is 19.3 Å². The molecule has 0 radical (unpaired) electrons. The van der Waals surface area contributed by atoms with Crippen LogP contribution in [0.2, 0.25) is 0 Å². The van der Waals surface area contributed by atoms with Gasteiger partial charge in [-0.15, -0.1) is 0 Å². The number of fused-ring (bicyclic) bond motifs is 1. The Morgan fingerprint density at radius 2 is 1.58 bits per heavy atom. The highest BCUT2D eigenvalue weighted by molar-refractivity contribution is 5.38. The maximum Gasteiger partial charge on any atom is 0.143 e. The van der Waals surface area contributed by atoms with Crippen molar-refractivity contribution in [2.45, 2.75) is 63.6 Å². The average Bonchev–Trinajstić information content (AvgIpc) is 3.17. The van der Waals surface area contributed by atoms with Gasteiger partial charge in [0.2, 0.25) is 0 Å². The highest BCUT2D eigenvalue weighted by Gasteiger charge is 2.49. The van der Waals surface area contributed by atoms with E-state index in [1.807, 2.05) is 15.9 Å². The Morgan fingerprint density at radius 1 is 0.846 bits per heavy atom. The van der Waals surface area contributed by atoms with E-state index in [1.54, 1.807) is 14.2 Å². The van der Waals surface area contributed by atoms with Crippen LogP contribution in [-0.4, -0.2) is 45.9 Å². The molecular formula is C22H36N2O2+2. The van der Waals surface area contributed by atoms with Crippen molar-refractivity contribution in [2.24, 2.45) is 5.92 Å². The Bertz CT molecular complexity index is 578. The highest BCUT2D eigenvalue weighted by atomic mass is 16.5. The average molecular weight is 361 g/mol. The number of piperazine rings is 1. The number of nitrogens with one attached hydrogen (secondary N) is 2. The lowest BCUT2D eigenvalue weighted by Gasteiger charge is -2.44. The molecule has 0 spiro atoms. The maximum absolute atomic E-state index is 5.51. The third kappa shape index (κ3) is 3.72. The molecular weight excluding hydrogens is 324 g/mol. The zero-order valence-electron chi connectivity index (χ0n) is 16.6. The van der Waals surface area contributed by atoms with E-state index in [0.29, 0.717) is 0 Å². The van der Waals surface area contributed by atoms with Crippen LogP contribution in [0.15, 0.2) is 18.2 Å². The van der Waals surface area contributed by atoms with Gasteiger partial charge in [-0.05, 0) is 25.0 Å². The Kier molecular flexibility index (Phi) is 5.70. The summed E-state index contributed by atoms with van der Waals surface area (Å²) in [7, 11) is 3.49. The van der Waals surface area contributed by atoms with Crippen molar-refractivity contribution in [3.63, 3.8) is 0 Å². The van der Waals surface area contributed by atoms with Crippen LogP contribution in [0.25, 0.3) is 0 Å². The smallest absolute Gasteiger partial charge is 0.143 e. The van der Waals surface area contributed by atoms with Crippen LogP contribution < -0.4 is 19.3 Å². The van der Waals surface area contributed by atoms with Crippen molar-refractivity contribution < 1.29 is 19.3 Å². The number of methoxy groups -OCH3 is 2. The summed E-state index contributed by atoms with van der Waals surface area (Å²) in [5.41, 5.74) is 1.36. The van der Waals surface area contributed by atoms with E-state index in [4.69, 9.17) is 9.47 Å². The number of hydrogen-bond donors (Lipinski definition) is 2. The Balaban J connectivity index is 1.57. The molecule has 1 aliphatic carbocycles. The predicted octanol–water partition coefficient (Wildman–Crippen LogP) is 1.10. The molecule has 2 unspecified atom stereocenters. The second-order valence-corrected chi connectivity index (χ2v) is 8.64. The van der Waals surface area contributed by atoms with Gasteiger partial charge in [-0.2, -0.15) is 0 Å². The summed E-state index contributed by atoms with van der Waals surface area (Å²) < 4.78 is 11.0. The van der Waals surface area contributed by atoms with E-state index in [-0.39, 0.29) is 0 Å². The van der Waals surface area contributed by atoms with Gasteiger partial charge in [-0.25, -0.2) is 0 Å². The van der Waals surface area contributed by atoms with Crippen LogP contribution >= 0.6 is 0 Å². The molecule has 144 valence electrons. The lowest BCUT2D eigenvalue weighted by Crippen LogP contribution is -3.32. The normalized spacial score (nSPS) is 32.2. The molecule has 0 amide bonds. The molecule has 4 heteroatoms. The van der Waals surface area contributed by atoms with Gasteiger partial charge in [0.05, 0.1) is 20.8 Å². The molecule has 26 heavy (non-hydrogen) atoms. The van der Waals surface area contributed by atoms with Crippen LogP contribution in [0.3, 0.4) is 0 Å². The largest absolute Gasteiger partial charge is 0.497 e. The first-order chi connectivity index (χ1) is 12.8. The zero-order valence-corrected chi connectivity index (χ0v) is 16.6. The number of benzene rings is 1. The molecule has 4 nitrogen and oxygen atoms in total. The van der Waals surface area contributed by atoms with Crippen LogP contribution in [-0.2, 0) is 6.54 Å². The van der Waals surface area contributed by atoms with Gasteiger partial charge < -0.3 is 19.3 Å². The standard InChI is InChI=1S/C22H34N2O2/c1-25-19-13-17(14-20(15-19)26-2)16-24-12-11-23-10-6-9-21(23)22(24)18-7-4-3-5-8-18/h13-15,18,21-22H,3-12,16H2,1-2H3/p+2/t21-,22+/m1/s1. The third-order valence-electron chi connectivity index (χ3n) is 7.21. The molecule has 0 aromatic heterocycles. The SMILES string of the molecule is COc1cc(C[NH+]2CC[NH+]3CCC[C@@H]3[C@@H]2C2CCCCC2)cc(OC)c1. The van der Waals surface area contributed by atoms with Gasteiger partial charge in [0.15, 0.2) is 0 Å². The summed E-state index contributed by atoms with van der Waals surface area (Å²) in [6.45, 7) is 5.18. The minimum atomic E-state index is 0.846. The van der Waals surface area contributed by atoms with Gasteiger partial charge in [0.1, 0.15) is 43.2 Å². The summed E-state index contributed by atoms with van der Waals surface area (Å²) in [4.78, 5) is 3.73. The predicted molar refractivity (Wildman–Crippen MR) is 103 cm³/mol. The van der Waals surface area contributed by atoms with Gasteiger partial charge in [0.25, 0.3) is 0 Å². The zero-order chi connectivity index (χ0) is 17.9. The van der Waals surface area contributed by atoms with Crippen LogP contribution in [0.1, 0.15) is 50.5 Å². The Labute approximate surface area is 158 Å². The second-order valence-electron chi connectivity index (χ2n) is 8.64. The van der Waals surface area contributed by atoms with Crippen molar-refractivity contribution in [2.75, 3.05) is 33.9 Å². The fourth-order valence-electron chi connectivity index (χ4n) is 6.05. The van der Waals surface area contributed by atoms with Crippen molar-refractivity contribution in [1.82, 2.24) is 0 Å². The molecule has 3 fully saturated rings. The number of quaternary nitrogens is 2. The van der Waals surface area contributed by atoms with E-state index in [1.165, 1.54) is 70.1 Å². The lowest BCUT2D eigenvalue weighted by molar-refractivity contribution is -1.05. The fraction of sp³-hybridized carbons (Fsp3) is 0.727. The van der Waals surface area contributed by atoms with Gasteiger partial charge >= 0.3 is 0 Å². The molecule has 2 N–H and O–H groups in total. The minimum absolute atomic E-state index is 0.846. The number of hydrogen-bond acceptors (Lipinski definition) is 2. The summed E-state index contributed by atoms with van der Waals surface area (Å²) in [5, 5.41) is 0. The molecule has 0 bridgehead atoms. The summed E-state index contributed by atoms with van der Waals surface area (Å²) in [5.74, 6) is 2.76. The molecule has 1 aromatic rings. The van der Waals surface area contributed by atoms with E-state index in [2.05, 4.69) is 12.1 Å². The lowest BCUT2D eigenvalue weighted by atomic mass is 9.78. The van der Waals surface area contributed by atoms with Gasteiger partial charge in [0, 0.05) is 30.4 Å². The quantitative estimate of drug-likeness (QED) is 0.823. The third-order valence-corrected chi connectivity index (χ3v) is 7.21. The minimum Gasteiger partial charge on any atom is -0.497 e. The topological polar surface area (TPSA) is 27.3 Å². The molecule has 2 heterocycles. The first kappa shape index (κ1) is 18.1. The molecule has 1 aromatic carbocycles. The molecule has 4 rings (SSSR count). The van der Waals surface area contributed by atoms with Crippen LogP contribution in [0, 0.1) is 5.92 Å². The molecule has 4 atom stereocenters. The van der Waals surface area contributed by atoms with Crippen molar-refractivity contribution in [3.05, 3.63) is 23.8 Å². The number of ether oxygens (including phenoxy) is 2. The summed E-state index contributed by atoms with van der Waals surface area (Å²) in [6.07, 6.45) is 10.1. The first-order valence-corrected chi connectivity index (χ1v) is 10.7. The monoisotopic (exact) mass is 360 g/mol. The molecule has 1 saturated carbocycles. The van der Waals surface area contributed by atoms with Crippen LogP contribution in [0.5, 0.6) is 11.5 Å². The van der Waals surface area contributed by atoms with E-state index >= 15 is 0 Å². The summed E-state index contributed by atoms with van der Waals surface area (Å²) in [6, 6.07) is 8.15. The first-order valence-electron chi connectivity index (χ1n) is 10.7. The van der Waals surface area contributed by atoms with Gasteiger partial charge in [-0.3, -0.25) is 0 Å². The molecule has 2 saturated heterocycles. The second kappa shape index (κ2) is 8.18. The fourth-order valence-corrected chi connectivity index (χ4v) is 6.05. The molecule has 3 aliphatic rings. The van der Waals surface area contributed by atoms with Crippen molar-refractivity contribution >= 4 is 0 Å². The highest BCUT2D eigenvalue weighted by Crippen LogP contribution is 2.29. The number of rotatable bonds is 5. The maximum atomic E-state index is 5.51. The Hall–Kier alpha value is -1.26. The Morgan fingerprint density at radius 3 is 2.27 bits per heavy atom. The van der Waals surface area contributed by atoms with E-state index < -0.39 is 0 Å². The van der Waals surface area contributed by atoms with Crippen molar-refractivity contribution in [1.29, 1.82) is 0 Å². The van der Waals surface area contributed by atoms with E-state index in [9.17, 15) is 0 Å². The molecule has 2 aliphatic heterocycles. The van der Waals surface area contributed by atoms with Crippen LogP contribution in [0.4, 0.5) is 0 Å². The summed E-state index contributed by atoms with van der Waals surface area (Å²) >= 11 is 0. The van der Waals surface area contributed by atoms with Crippen molar-refractivity contribution in [3.8, 4) is 11.5 Å².